The van der Waals surface area contributed by atoms with E-state index < -0.39 is 5.60 Å². The zero-order chi connectivity index (χ0) is 13.0. The van der Waals surface area contributed by atoms with Gasteiger partial charge in [-0.05, 0) is 6.07 Å². The van der Waals surface area contributed by atoms with Crippen LogP contribution in [-0.4, -0.2) is 58.5 Å². The van der Waals surface area contributed by atoms with Crippen LogP contribution in [0.15, 0.2) is 12.3 Å². The Balaban J connectivity index is 1.86. The van der Waals surface area contributed by atoms with E-state index in [9.17, 15) is 9.90 Å². The first-order chi connectivity index (χ1) is 8.59. The van der Waals surface area contributed by atoms with Crippen molar-refractivity contribution in [1.29, 1.82) is 0 Å². The van der Waals surface area contributed by atoms with E-state index in [0.717, 1.165) is 5.69 Å². The topological polar surface area (TPSA) is 78.5 Å². The summed E-state index contributed by atoms with van der Waals surface area (Å²) in [5.74, 6) is -0.0285. The molecule has 18 heavy (non-hydrogen) atoms. The molecule has 0 spiro atoms. The van der Waals surface area contributed by atoms with Crippen molar-refractivity contribution in [2.75, 3.05) is 26.8 Å². The molecule has 1 aromatic rings. The molecular formula is C12H19N3O3. The standard InChI is InChI=1S/C12H19N3O3/c1-15(9-12(17)3-6-18-7-4-12)11(16)8-10-2-5-13-14-10/h2,5,17H,3-4,6-9H2,1H3,(H,13,14). The van der Waals surface area contributed by atoms with Crippen LogP contribution in [0.1, 0.15) is 18.5 Å². The molecule has 1 amide bonds. The fraction of sp³-hybridized carbons (Fsp3) is 0.667. The van der Waals surface area contributed by atoms with Gasteiger partial charge in [-0.1, -0.05) is 0 Å². The lowest BCUT2D eigenvalue weighted by atomic mass is 9.94. The molecule has 2 heterocycles. The summed E-state index contributed by atoms with van der Waals surface area (Å²) in [5.41, 5.74) is -0.0257. The van der Waals surface area contributed by atoms with Gasteiger partial charge in [-0.15, -0.1) is 0 Å². The Bertz CT molecular complexity index is 385. The third-order valence-electron chi connectivity index (χ3n) is 3.28. The Morgan fingerprint density at radius 1 is 1.61 bits per heavy atom. The predicted octanol–water partition coefficient (Wildman–Crippen LogP) is -0.0479. The predicted molar refractivity (Wildman–Crippen MR) is 64.9 cm³/mol. The molecule has 0 saturated carbocycles. The maximum atomic E-state index is 12.0. The van der Waals surface area contributed by atoms with Crippen molar-refractivity contribution in [3.8, 4) is 0 Å². The van der Waals surface area contributed by atoms with Gasteiger partial charge in [0.1, 0.15) is 0 Å². The van der Waals surface area contributed by atoms with Gasteiger partial charge in [0.15, 0.2) is 0 Å². The molecule has 1 aliphatic rings. The molecule has 1 aromatic heterocycles. The minimum atomic E-state index is -0.809. The molecule has 0 aromatic carbocycles. The number of aromatic nitrogens is 2. The summed E-state index contributed by atoms with van der Waals surface area (Å²) in [6.45, 7) is 1.46. The van der Waals surface area contributed by atoms with Crippen LogP contribution in [0.2, 0.25) is 0 Å². The Labute approximate surface area is 106 Å². The van der Waals surface area contributed by atoms with Gasteiger partial charge in [0.2, 0.25) is 5.91 Å². The summed E-state index contributed by atoms with van der Waals surface area (Å²) in [7, 11) is 1.71. The van der Waals surface area contributed by atoms with Crippen molar-refractivity contribution >= 4 is 5.91 Å². The van der Waals surface area contributed by atoms with Gasteiger partial charge in [-0.25, -0.2) is 0 Å². The highest BCUT2D eigenvalue weighted by Crippen LogP contribution is 2.21. The number of ether oxygens (including phenoxy) is 1. The lowest BCUT2D eigenvalue weighted by Crippen LogP contribution is -2.47. The zero-order valence-corrected chi connectivity index (χ0v) is 10.6. The number of likely N-dealkylation sites (N-methyl/N-ethyl adjacent to an activating group) is 1. The van der Waals surface area contributed by atoms with Crippen LogP contribution in [0.3, 0.4) is 0 Å². The Kier molecular flexibility index (Phi) is 3.98. The summed E-state index contributed by atoms with van der Waals surface area (Å²) in [6, 6.07) is 1.77. The van der Waals surface area contributed by atoms with Crippen molar-refractivity contribution in [3.63, 3.8) is 0 Å². The van der Waals surface area contributed by atoms with E-state index in [1.54, 1.807) is 24.2 Å². The van der Waals surface area contributed by atoms with Gasteiger partial charge in [-0.2, -0.15) is 5.10 Å². The second kappa shape index (κ2) is 5.49. The normalized spacial score (nSPS) is 18.6. The summed E-state index contributed by atoms with van der Waals surface area (Å²) in [6.07, 6.45) is 3.06. The molecule has 1 aliphatic heterocycles. The second-order valence-electron chi connectivity index (χ2n) is 4.85. The van der Waals surface area contributed by atoms with E-state index in [-0.39, 0.29) is 12.3 Å². The Morgan fingerprint density at radius 2 is 2.33 bits per heavy atom. The first kappa shape index (κ1) is 13.0. The van der Waals surface area contributed by atoms with Gasteiger partial charge >= 0.3 is 0 Å². The molecule has 0 aliphatic carbocycles. The van der Waals surface area contributed by atoms with Gasteiger partial charge in [-0.3, -0.25) is 9.89 Å². The maximum absolute atomic E-state index is 12.0. The first-order valence-electron chi connectivity index (χ1n) is 6.11. The quantitative estimate of drug-likeness (QED) is 0.788. The maximum Gasteiger partial charge on any atom is 0.228 e. The van der Waals surface area contributed by atoms with Crippen LogP contribution in [-0.2, 0) is 16.0 Å². The molecule has 1 saturated heterocycles. The monoisotopic (exact) mass is 253 g/mol. The van der Waals surface area contributed by atoms with Crippen LogP contribution in [0.25, 0.3) is 0 Å². The van der Waals surface area contributed by atoms with E-state index in [0.29, 0.717) is 32.6 Å². The Hall–Kier alpha value is -1.40. The molecule has 0 atom stereocenters. The molecule has 6 heteroatoms. The second-order valence-corrected chi connectivity index (χ2v) is 4.85. The smallest absolute Gasteiger partial charge is 0.228 e. The molecule has 0 bridgehead atoms. The number of carbonyl (C=O) groups excluding carboxylic acids is 1. The SMILES string of the molecule is CN(CC1(O)CCOCC1)C(=O)Cc1ccn[nH]1. The number of rotatable bonds is 4. The van der Waals surface area contributed by atoms with Crippen LogP contribution in [0.4, 0.5) is 0 Å². The number of amides is 1. The molecule has 100 valence electrons. The highest BCUT2D eigenvalue weighted by molar-refractivity contribution is 5.78. The molecule has 0 unspecified atom stereocenters. The van der Waals surface area contributed by atoms with E-state index in [2.05, 4.69) is 10.2 Å². The Morgan fingerprint density at radius 3 is 2.94 bits per heavy atom. The average molecular weight is 253 g/mol. The molecular weight excluding hydrogens is 234 g/mol. The highest BCUT2D eigenvalue weighted by atomic mass is 16.5. The highest BCUT2D eigenvalue weighted by Gasteiger charge is 2.32. The third-order valence-corrected chi connectivity index (χ3v) is 3.28. The van der Waals surface area contributed by atoms with Crippen molar-refractivity contribution in [1.82, 2.24) is 15.1 Å². The van der Waals surface area contributed by atoms with Gasteiger partial charge in [0.05, 0.1) is 12.0 Å². The van der Waals surface area contributed by atoms with Crippen molar-refractivity contribution < 1.29 is 14.6 Å². The number of nitrogens with one attached hydrogen (secondary N) is 1. The van der Waals surface area contributed by atoms with E-state index in [1.165, 1.54) is 0 Å². The number of H-pyrrole nitrogens is 1. The van der Waals surface area contributed by atoms with Gasteiger partial charge in [0, 0.05) is 51.5 Å². The zero-order valence-electron chi connectivity index (χ0n) is 10.6. The minimum absolute atomic E-state index is 0.0285. The van der Waals surface area contributed by atoms with E-state index in [4.69, 9.17) is 4.74 Å². The summed E-state index contributed by atoms with van der Waals surface area (Å²) >= 11 is 0. The summed E-state index contributed by atoms with van der Waals surface area (Å²) < 4.78 is 5.22. The van der Waals surface area contributed by atoms with E-state index in [1.807, 2.05) is 0 Å². The number of carbonyl (C=O) groups is 1. The number of nitrogens with zero attached hydrogens (tertiary/aromatic N) is 2. The number of aromatic amines is 1. The molecule has 1 fully saturated rings. The van der Waals surface area contributed by atoms with Crippen LogP contribution < -0.4 is 0 Å². The van der Waals surface area contributed by atoms with E-state index >= 15 is 0 Å². The third kappa shape index (κ3) is 3.30. The number of aliphatic hydroxyl groups is 1. The fourth-order valence-electron chi connectivity index (χ4n) is 2.12. The van der Waals surface area contributed by atoms with Crippen LogP contribution in [0, 0.1) is 0 Å². The first-order valence-corrected chi connectivity index (χ1v) is 6.11. The van der Waals surface area contributed by atoms with Crippen molar-refractivity contribution in [2.24, 2.45) is 0 Å². The molecule has 0 radical (unpaired) electrons. The molecule has 2 rings (SSSR count). The van der Waals surface area contributed by atoms with Gasteiger partial charge < -0.3 is 14.7 Å². The number of hydrogen-bond donors (Lipinski definition) is 2. The molecule has 6 nitrogen and oxygen atoms in total. The van der Waals surface area contributed by atoms with Crippen molar-refractivity contribution in [2.45, 2.75) is 24.9 Å². The average Bonchev–Trinajstić information content (AvgIpc) is 2.82. The largest absolute Gasteiger partial charge is 0.388 e. The minimum Gasteiger partial charge on any atom is -0.388 e. The lowest BCUT2D eigenvalue weighted by molar-refractivity contribution is -0.136. The lowest BCUT2D eigenvalue weighted by Gasteiger charge is -2.35. The fourth-order valence-corrected chi connectivity index (χ4v) is 2.12. The van der Waals surface area contributed by atoms with Crippen LogP contribution in [0.5, 0.6) is 0 Å². The number of hydrogen-bond acceptors (Lipinski definition) is 4. The summed E-state index contributed by atoms with van der Waals surface area (Å²) in [5, 5.41) is 16.9. The summed E-state index contributed by atoms with van der Waals surface area (Å²) in [4.78, 5) is 13.5. The van der Waals surface area contributed by atoms with Gasteiger partial charge in [0.25, 0.3) is 0 Å². The van der Waals surface area contributed by atoms with Crippen LogP contribution >= 0.6 is 0 Å². The van der Waals surface area contributed by atoms with Crippen molar-refractivity contribution in [3.05, 3.63) is 18.0 Å². The molecule has 2 N–H and O–H groups in total.